The smallest absolute Gasteiger partial charge is 0.259 e. The van der Waals surface area contributed by atoms with Gasteiger partial charge in [-0.3, -0.25) is 9.69 Å². The van der Waals surface area contributed by atoms with Crippen LogP contribution in [0.15, 0.2) is 60.8 Å². The van der Waals surface area contributed by atoms with E-state index in [9.17, 15) is 4.79 Å². The molecular weight excluding hydrogens is 392 g/mol. The number of ether oxygens (including phenoxy) is 3. The zero-order valence-corrected chi connectivity index (χ0v) is 17.1. The van der Waals surface area contributed by atoms with Gasteiger partial charge in [0.25, 0.3) is 5.91 Å². The van der Waals surface area contributed by atoms with E-state index in [-0.39, 0.29) is 12.5 Å². The summed E-state index contributed by atoms with van der Waals surface area (Å²) >= 11 is 5.96. The highest BCUT2D eigenvalue weighted by Gasteiger charge is 2.21. The Kier molecular flexibility index (Phi) is 6.57. The number of anilines is 1. The number of aromatic nitrogens is 1. The number of halogens is 1. The average Bonchev–Trinajstić information content (AvgIpc) is 2.77. The van der Waals surface area contributed by atoms with Gasteiger partial charge in [-0.25, -0.2) is 4.98 Å². The van der Waals surface area contributed by atoms with Gasteiger partial charge in [-0.15, -0.1) is 0 Å². The zero-order valence-electron chi connectivity index (χ0n) is 16.4. The van der Waals surface area contributed by atoms with Crippen LogP contribution in [0.5, 0.6) is 17.2 Å². The van der Waals surface area contributed by atoms with Crippen molar-refractivity contribution in [2.24, 2.45) is 0 Å². The third-order valence-electron chi connectivity index (χ3n) is 4.33. The molecule has 0 aliphatic carbocycles. The van der Waals surface area contributed by atoms with Crippen LogP contribution in [-0.2, 0) is 6.54 Å². The van der Waals surface area contributed by atoms with Crippen molar-refractivity contribution in [1.29, 1.82) is 0 Å². The van der Waals surface area contributed by atoms with Crippen LogP contribution in [0.4, 0.5) is 5.82 Å². The number of carbonyl (C=O) groups excluding carboxylic acids is 1. The van der Waals surface area contributed by atoms with E-state index in [0.29, 0.717) is 33.7 Å². The topological polar surface area (TPSA) is 60.9 Å². The normalized spacial score (nSPS) is 10.3. The summed E-state index contributed by atoms with van der Waals surface area (Å²) in [6.07, 6.45) is 1.65. The van der Waals surface area contributed by atoms with Crippen molar-refractivity contribution in [1.82, 2.24) is 4.98 Å². The molecule has 29 heavy (non-hydrogen) atoms. The van der Waals surface area contributed by atoms with Crippen molar-refractivity contribution >= 4 is 23.3 Å². The Morgan fingerprint density at radius 2 is 1.62 bits per heavy atom. The Bertz CT molecular complexity index is 953. The third-order valence-corrected chi connectivity index (χ3v) is 4.58. The summed E-state index contributed by atoms with van der Waals surface area (Å²) in [6.45, 7) is 0.259. The van der Waals surface area contributed by atoms with Crippen molar-refractivity contribution in [2.45, 2.75) is 6.54 Å². The molecule has 0 saturated carbocycles. The summed E-state index contributed by atoms with van der Waals surface area (Å²) in [5, 5.41) is 0.565. The highest BCUT2D eigenvalue weighted by atomic mass is 35.5. The van der Waals surface area contributed by atoms with Crippen LogP contribution in [0, 0.1) is 0 Å². The molecule has 1 amide bonds. The molecule has 2 aromatic carbocycles. The number of rotatable bonds is 7. The number of nitrogens with zero attached hydrogens (tertiary/aromatic N) is 2. The van der Waals surface area contributed by atoms with Gasteiger partial charge in [-0.05, 0) is 54.1 Å². The second-order valence-corrected chi connectivity index (χ2v) is 6.56. The van der Waals surface area contributed by atoms with Gasteiger partial charge in [-0.1, -0.05) is 17.7 Å². The minimum Gasteiger partial charge on any atom is -0.493 e. The van der Waals surface area contributed by atoms with Gasteiger partial charge in [0, 0.05) is 16.8 Å². The quantitative estimate of drug-likeness (QED) is 0.567. The van der Waals surface area contributed by atoms with Crippen molar-refractivity contribution in [3.63, 3.8) is 0 Å². The van der Waals surface area contributed by atoms with E-state index >= 15 is 0 Å². The summed E-state index contributed by atoms with van der Waals surface area (Å²) < 4.78 is 16.2. The fraction of sp³-hybridized carbons (Fsp3) is 0.182. The van der Waals surface area contributed by atoms with Gasteiger partial charge in [0.1, 0.15) is 5.82 Å². The van der Waals surface area contributed by atoms with Crippen molar-refractivity contribution in [3.8, 4) is 17.2 Å². The largest absolute Gasteiger partial charge is 0.493 e. The molecule has 150 valence electrons. The SMILES string of the molecule is COc1cc(CN(C(=O)c2ccc(Cl)cc2)c2ccccn2)cc(OC)c1OC. The van der Waals surface area contributed by atoms with E-state index in [1.165, 1.54) is 0 Å². The number of carbonyl (C=O) groups is 1. The van der Waals surface area contributed by atoms with Gasteiger partial charge in [-0.2, -0.15) is 0 Å². The number of amides is 1. The fourth-order valence-corrected chi connectivity index (χ4v) is 3.05. The van der Waals surface area contributed by atoms with Gasteiger partial charge in [0.05, 0.1) is 27.9 Å². The Hall–Kier alpha value is -3.25. The minimum atomic E-state index is -0.200. The molecule has 0 saturated heterocycles. The number of pyridine rings is 1. The number of hydrogen-bond acceptors (Lipinski definition) is 5. The van der Waals surface area contributed by atoms with E-state index in [2.05, 4.69) is 4.98 Å². The van der Waals surface area contributed by atoms with Crippen molar-refractivity contribution < 1.29 is 19.0 Å². The van der Waals surface area contributed by atoms with Crippen molar-refractivity contribution in [2.75, 3.05) is 26.2 Å². The number of methoxy groups -OCH3 is 3. The first-order valence-corrected chi connectivity index (χ1v) is 9.22. The lowest BCUT2D eigenvalue weighted by Crippen LogP contribution is -2.31. The van der Waals surface area contributed by atoms with Crippen LogP contribution in [0.25, 0.3) is 0 Å². The minimum absolute atomic E-state index is 0.200. The second kappa shape index (κ2) is 9.30. The molecule has 7 heteroatoms. The van der Waals surface area contributed by atoms with Crippen LogP contribution in [0.3, 0.4) is 0 Å². The molecule has 0 radical (unpaired) electrons. The van der Waals surface area contributed by atoms with Gasteiger partial charge >= 0.3 is 0 Å². The fourth-order valence-electron chi connectivity index (χ4n) is 2.93. The number of benzene rings is 2. The molecule has 0 aliphatic heterocycles. The van der Waals surface area contributed by atoms with Gasteiger partial charge in [0.15, 0.2) is 11.5 Å². The Morgan fingerprint density at radius 1 is 0.966 bits per heavy atom. The molecular formula is C22H21ClN2O4. The monoisotopic (exact) mass is 412 g/mol. The highest BCUT2D eigenvalue weighted by molar-refractivity contribution is 6.30. The molecule has 0 unspecified atom stereocenters. The van der Waals surface area contributed by atoms with Crippen LogP contribution in [0.2, 0.25) is 5.02 Å². The summed E-state index contributed by atoms with van der Waals surface area (Å²) in [7, 11) is 4.65. The van der Waals surface area contributed by atoms with Gasteiger partial charge in [0.2, 0.25) is 5.75 Å². The molecule has 0 N–H and O–H groups in total. The summed E-state index contributed by atoms with van der Waals surface area (Å²) in [5.41, 5.74) is 1.31. The molecule has 1 heterocycles. The molecule has 0 fully saturated rings. The zero-order chi connectivity index (χ0) is 20.8. The summed E-state index contributed by atoms with van der Waals surface area (Å²) in [6, 6.07) is 15.8. The Labute approximate surface area is 174 Å². The van der Waals surface area contributed by atoms with E-state index < -0.39 is 0 Å². The van der Waals surface area contributed by atoms with E-state index in [1.807, 2.05) is 18.2 Å². The highest BCUT2D eigenvalue weighted by Crippen LogP contribution is 2.38. The predicted molar refractivity (Wildman–Crippen MR) is 112 cm³/mol. The average molecular weight is 413 g/mol. The molecule has 0 spiro atoms. The van der Waals surface area contributed by atoms with Crippen LogP contribution < -0.4 is 19.1 Å². The first-order valence-electron chi connectivity index (χ1n) is 8.84. The maximum atomic E-state index is 13.2. The molecule has 0 aliphatic rings. The predicted octanol–water partition coefficient (Wildman–Crippen LogP) is 4.61. The van der Waals surface area contributed by atoms with E-state index in [4.69, 9.17) is 25.8 Å². The Morgan fingerprint density at radius 3 is 2.14 bits per heavy atom. The molecule has 3 rings (SSSR count). The van der Waals surface area contributed by atoms with Crippen LogP contribution in [-0.4, -0.2) is 32.2 Å². The lowest BCUT2D eigenvalue weighted by molar-refractivity contribution is 0.0984. The molecule has 6 nitrogen and oxygen atoms in total. The van der Waals surface area contributed by atoms with E-state index in [1.54, 1.807) is 68.8 Å². The molecule has 0 bridgehead atoms. The first-order chi connectivity index (χ1) is 14.1. The lowest BCUT2D eigenvalue weighted by Gasteiger charge is -2.23. The standard InChI is InChI=1S/C22H21ClN2O4/c1-27-18-12-15(13-19(28-2)21(18)29-3)14-25(20-6-4-5-11-24-20)22(26)16-7-9-17(23)10-8-16/h4-13H,14H2,1-3H3. The first kappa shape index (κ1) is 20.5. The van der Waals surface area contributed by atoms with Crippen molar-refractivity contribution in [3.05, 3.63) is 76.9 Å². The third kappa shape index (κ3) is 4.60. The number of hydrogen-bond donors (Lipinski definition) is 0. The molecule has 1 aromatic heterocycles. The van der Waals surface area contributed by atoms with Crippen LogP contribution in [0.1, 0.15) is 15.9 Å². The maximum Gasteiger partial charge on any atom is 0.259 e. The lowest BCUT2D eigenvalue weighted by atomic mass is 10.1. The summed E-state index contributed by atoms with van der Waals surface area (Å²) in [5.74, 6) is 1.85. The van der Waals surface area contributed by atoms with Gasteiger partial charge < -0.3 is 14.2 Å². The second-order valence-electron chi connectivity index (χ2n) is 6.12. The van der Waals surface area contributed by atoms with E-state index in [0.717, 1.165) is 5.56 Å². The van der Waals surface area contributed by atoms with Crippen LogP contribution >= 0.6 is 11.6 Å². The maximum absolute atomic E-state index is 13.2. The summed E-state index contributed by atoms with van der Waals surface area (Å²) in [4.78, 5) is 19.2. The molecule has 0 atom stereocenters. The molecule has 3 aromatic rings. The Balaban J connectivity index is 2.02.